The minimum atomic E-state index is -3.72. The Balaban J connectivity index is 2.52. The Labute approximate surface area is 136 Å². The van der Waals surface area contributed by atoms with Crippen molar-refractivity contribution in [2.45, 2.75) is 30.9 Å². The summed E-state index contributed by atoms with van der Waals surface area (Å²) < 4.78 is 30.3. The highest BCUT2D eigenvalue weighted by atomic mass is 32.2. The summed E-state index contributed by atoms with van der Waals surface area (Å²) in [7, 11) is -2.50. The van der Waals surface area contributed by atoms with Crippen molar-refractivity contribution in [3.05, 3.63) is 58.9 Å². The molecule has 0 unspecified atom stereocenters. The second-order valence-corrected chi connectivity index (χ2v) is 7.15. The first-order chi connectivity index (χ1) is 10.9. The number of methoxy groups -OCH3 is 1. The van der Waals surface area contributed by atoms with Crippen LogP contribution in [0.15, 0.2) is 41.6 Å². The van der Waals surface area contributed by atoms with E-state index in [1.807, 2.05) is 32.0 Å². The number of sulfone groups is 1. The summed E-state index contributed by atoms with van der Waals surface area (Å²) in [6, 6.07) is 7.07. The van der Waals surface area contributed by atoms with Gasteiger partial charge in [-0.1, -0.05) is 25.1 Å². The summed E-state index contributed by atoms with van der Waals surface area (Å²) >= 11 is 0. The zero-order valence-corrected chi connectivity index (χ0v) is 14.2. The first-order valence-corrected chi connectivity index (χ1v) is 8.88. The van der Waals surface area contributed by atoms with Crippen LogP contribution in [-0.4, -0.2) is 26.5 Å². The number of aromatic nitrogens is 1. The molecule has 0 N–H and O–H groups in total. The summed E-state index contributed by atoms with van der Waals surface area (Å²) in [6.45, 7) is 3.86. The SMILES string of the molecule is CCc1cccc(C)c1CS(=O)(=O)c1cnccc1C(=O)OC. The Morgan fingerprint density at radius 3 is 2.65 bits per heavy atom. The maximum Gasteiger partial charge on any atom is 0.339 e. The Kier molecular flexibility index (Phi) is 5.15. The van der Waals surface area contributed by atoms with Gasteiger partial charge < -0.3 is 4.74 Å². The van der Waals surface area contributed by atoms with Crippen LogP contribution in [0, 0.1) is 6.92 Å². The molecule has 0 amide bonds. The van der Waals surface area contributed by atoms with Gasteiger partial charge in [0, 0.05) is 12.4 Å². The average molecular weight is 333 g/mol. The van der Waals surface area contributed by atoms with Gasteiger partial charge in [0.25, 0.3) is 0 Å². The van der Waals surface area contributed by atoms with E-state index in [1.54, 1.807) is 0 Å². The second kappa shape index (κ2) is 6.91. The minimum Gasteiger partial charge on any atom is -0.465 e. The molecule has 6 heteroatoms. The maximum absolute atomic E-state index is 12.8. The van der Waals surface area contributed by atoms with E-state index in [0.717, 1.165) is 23.1 Å². The molecule has 1 heterocycles. The Morgan fingerprint density at radius 1 is 1.26 bits per heavy atom. The summed E-state index contributed by atoms with van der Waals surface area (Å²) in [5, 5.41) is 0. The topological polar surface area (TPSA) is 73.3 Å². The van der Waals surface area contributed by atoms with E-state index in [2.05, 4.69) is 9.72 Å². The molecule has 0 aliphatic heterocycles. The molecule has 1 aromatic heterocycles. The lowest BCUT2D eigenvalue weighted by Crippen LogP contribution is -2.14. The van der Waals surface area contributed by atoms with Crippen LogP contribution in [0.3, 0.4) is 0 Å². The molecule has 1 aromatic carbocycles. The quantitative estimate of drug-likeness (QED) is 0.787. The van der Waals surface area contributed by atoms with Crippen LogP contribution in [-0.2, 0) is 26.7 Å². The average Bonchev–Trinajstić information content (AvgIpc) is 2.55. The van der Waals surface area contributed by atoms with Crippen molar-refractivity contribution < 1.29 is 17.9 Å². The van der Waals surface area contributed by atoms with Crippen LogP contribution in [0.5, 0.6) is 0 Å². The summed E-state index contributed by atoms with van der Waals surface area (Å²) in [5.41, 5.74) is 2.68. The fourth-order valence-corrected chi connectivity index (χ4v) is 4.13. The molecule has 0 aliphatic carbocycles. The van der Waals surface area contributed by atoms with E-state index in [1.165, 1.54) is 25.6 Å². The third-order valence-corrected chi connectivity index (χ3v) is 5.41. The van der Waals surface area contributed by atoms with Crippen LogP contribution in [0.1, 0.15) is 34.0 Å². The van der Waals surface area contributed by atoms with Crippen LogP contribution < -0.4 is 0 Å². The van der Waals surface area contributed by atoms with Gasteiger partial charge in [-0.3, -0.25) is 4.98 Å². The smallest absolute Gasteiger partial charge is 0.339 e. The van der Waals surface area contributed by atoms with Gasteiger partial charge in [-0.2, -0.15) is 0 Å². The first-order valence-electron chi connectivity index (χ1n) is 7.23. The largest absolute Gasteiger partial charge is 0.465 e. The molecule has 0 aliphatic rings. The molecule has 0 radical (unpaired) electrons. The van der Waals surface area contributed by atoms with Gasteiger partial charge >= 0.3 is 5.97 Å². The van der Waals surface area contributed by atoms with E-state index < -0.39 is 15.8 Å². The Morgan fingerprint density at radius 2 is 2.00 bits per heavy atom. The number of rotatable bonds is 5. The third-order valence-electron chi connectivity index (χ3n) is 3.75. The molecule has 2 aromatic rings. The van der Waals surface area contributed by atoms with E-state index in [0.29, 0.717) is 0 Å². The lowest BCUT2D eigenvalue weighted by Gasteiger charge is -2.13. The van der Waals surface area contributed by atoms with Gasteiger partial charge in [0.05, 0.1) is 23.3 Å². The summed E-state index contributed by atoms with van der Waals surface area (Å²) in [5.74, 6) is -0.857. The van der Waals surface area contributed by atoms with Crippen molar-refractivity contribution in [2.24, 2.45) is 0 Å². The number of ether oxygens (including phenoxy) is 1. The normalized spacial score (nSPS) is 11.3. The molecule has 0 spiro atoms. The van der Waals surface area contributed by atoms with Crippen molar-refractivity contribution in [2.75, 3.05) is 7.11 Å². The number of carbonyl (C=O) groups is 1. The van der Waals surface area contributed by atoms with Gasteiger partial charge in [0.1, 0.15) is 0 Å². The number of esters is 1. The van der Waals surface area contributed by atoms with Crippen LogP contribution in [0.4, 0.5) is 0 Å². The highest BCUT2D eigenvalue weighted by Gasteiger charge is 2.25. The zero-order valence-electron chi connectivity index (χ0n) is 13.4. The highest BCUT2D eigenvalue weighted by Crippen LogP contribution is 2.24. The van der Waals surface area contributed by atoms with Gasteiger partial charge in [0.2, 0.25) is 0 Å². The summed E-state index contributed by atoms with van der Waals surface area (Å²) in [4.78, 5) is 15.6. The lowest BCUT2D eigenvalue weighted by molar-refractivity contribution is 0.0596. The number of nitrogens with zero attached hydrogens (tertiary/aromatic N) is 1. The molecular formula is C17H19NO4S. The number of hydrogen-bond donors (Lipinski definition) is 0. The molecule has 0 saturated carbocycles. The fourth-order valence-electron chi connectivity index (χ4n) is 2.47. The first kappa shape index (κ1) is 17.1. The van der Waals surface area contributed by atoms with Crippen molar-refractivity contribution in [1.29, 1.82) is 0 Å². The van der Waals surface area contributed by atoms with Crippen molar-refractivity contribution in [1.82, 2.24) is 4.98 Å². The monoisotopic (exact) mass is 333 g/mol. The maximum atomic E-state index is 12.8. The minimum absolute atomic E-state index is 0.00846. The molecule has 122 valence electrons. The highest BCUT2D eigenvalue weighted by molar-refractivity contribution is 7.90. The number of benzene rings is 1. The van der Waals surface area contributed by atoms with Crippen molar-refractivity contribution >= 4 is 15.8 Å². The predicted molar refractivity (Wildman–Crippen MR) is 87.0 cm³/mol. The molecule has 0 saturated heterocycles. The van der Waals surface area contributed by atoms with Crippen LogP contribution in [0.2, 0.25) is 0 Å². The van der Waals surface area contributed by atoms with Crippen molar-refractivity contribution in [3.8, 4) is 0 Å². The Hall–Kier alpha value is -2.21. The molecular weight excluding hydrogens is 314 g/mol. The molecule has 5 nitrogen and oxygen atoms in total. The number of aryl methyl sites for hydroxylation is 2. The van der Waals surface area contributed by atoms with E-state index in [-0.39, 0.29) is 16.2 Å². The van der Waals surface area contributed by atoms with E-state index in [9.17, 15) is 13.2 Å². The molecule has 0 fully saturated rings. The zero-order chi connectivity index (χ0) is 17.0. The van der Waals surface area contributed by atoms with E-state index in [4.69, 9.17) is 0 Å². The molecule has 23 heavy (non-hydrogen) atoms. The van der Waals surface area contributed by atoms with Gasteiger partial charge in [-0.25, -0.2) is 13.2 Å². The van der Waals surface area contributed by atoms with Gasteiger partial charge in [-0.15, -0.1) is 0 Å². The third kappa shape index (κ3) is 3.59. The van der Waals surface area contributed by atoms with E-state index >= 15 is 0 Å². The predicted octanol–water partition coefficient (Wildman–Crippen LogP) is 2.71. The van der Waals surface area contributed by atoms with Gasteiger partial charge in [-0.05, 0) is 36.1 Å². The van der Waals surface area contributed by atoms with Crippen molar-refractivity contribution in [3.63, 3.8) is 0 Å². The number of hydrogen-bond acceptors (Lipinski definition) is 5. The fraction of sp³-hybridized carbons (Fsp3) is 0.294. The summed E-state index contributed by atoms with van der Waals surface area (Å²) in [6.07, 6.45) is 3.31. The standard InChI is InChI=1S/C17H19NO4S/c1-4-13-7-5-6-12(2)15(13)11-23(20,21)16-10-18-9-8-14(16)17(19)22-3/h5-10H,4,11H2,1-3H3. The second-order valence-electron chi connectivity index (χ2n) is 5.19. The lowest BCUT2D eigenvalue weighted by atomic mass is 10.0. The molecule has 0 bridgehead atoms. The molecule has 2 rings (SSSR count). The van der Waals surface area contributed by atoms with Gasteiger partial charge in [0.15, 0.2) is 9.84 Å². The molecule has 0 atom stereocenters. The number of carbonyl (C=O) groups excluding carboxylic acids is 1. The number of pyridine rings is 1. The Bertz CT molecular complexity index is 828. The van der Waals surface area contributed by atoms with Crippen LogP contribution in [0.25, 0.3) is 0 Å². The van der Waals surface area contributed by atoms with Crippen LogP contribution >= 0.6 is 0 Å².